The zero-order valence-electron chi connectivity index (χ0n) is 3.95. The molecular formula is C3H9BS. The van der Waals surface area contributed by atoms with Crippen molar-refractivity contribution in [2.24, 2.45) is 0 Å². The first-order valence-corrected chi connectivity index (χ1v) is 2.17. The normalized spacial score (nSPS) is 11.8. The third-order valence-electron chi connectivity index (χ3n) is 0. The lowest BCUT2D eigenvalue weighted by atomic mass is 9.91. The van der Waals surface area contributed by atoms with E-state index in [1.807, 2.05) is 0 Å². The van der Waals surface area contributed by atoms with E-state index in [9.17, 15) is 0 Å². The van der Waals surface area contributed by atoms with Gasteiger partial charge in [-0.2, -0.15) is 12.6 Å². The van der Waals surface area contributed by atoms with Crippen LogP contribution in [0.25, 0.3) is 0 Å². The van der Waals surface area contributed by atoms with E-state index in [0.717, 1.165) is 0 Å². The summed E-state index contributed by atoms with van der Waals surface area (Å²) in [5.41, 5.74) is 0. The smallest absolute Gasteiger partial charge is 0.121 e. The first-order valence-electron chi connectivity index (χ1n) is 1.72. The fourth-order valence-corrected chi connectivity index (χ4v) is 0. The van der Waals surface area contributed by atoms with E-state index in [1.165, 1.54) is 0 Å². The zero-order valence-corrected chi connectivity index (χ0v) is 4.84. The molecular weight excluding hydrogens is 78.9 g/mol. The van der Waals surface area contributed by atoms with Crippen LogP contribution >= 0.6 is 12.6 Å². The quantitative estimate of drug-likeness (QED) is 0.319. The van der Waals surface area contributed by atoms with Crippen LogP contribution < -0.4 is 0 Å². The average Bonchev–Trinajstić information content (AvgIpc) is 0.722. The Labute approximate surface area is 39.8 Å². The van der Waals surface area contributed by atoms with E-state index >= 15 is 0 Å². The Morgan fingerprint density at radius 3 is 1.60 bits per heavy atom. The zero-order chi connectivity index (χ0) is 4.50. The van der Waals surface area contributed by atoms with Gasteiger partial charge >= 0.3 is 0 Å². The molecule has 30 valence electrons. The van der Waals surface area contributed by atoms with E-state index in [4.69, 9.17) is 0 Å². The van der Waals surface area contributed by atoms with Gasteiger partial charge in [-0.1, -0.05) is 13.8 Å². The van der Waals surface area contributed by atoms with E-state index in [-0.39, 0.29) is 4.65 Å². The van der Waals surface area contributed by atoms with Crippen molar-refractivity contribution < 1.29 is 0 Å². The Hall–Kier alpha value is 0.415. The summed E-state index contributed by atoms with van der Waals surface area (Å²) in [4.78, 5) is 0. The molecule has 0 N–H and O–H groups in total. The van der Waals surface area contributed by atoms with Crippen molar-refractivity contribution in [2.45, 2.75) is 18.5 Å². The van der Waals surface area contributed by atoms with Crippen molar-refractivity contribution in [1.29, 1.82) is 0 Å². The van der Waals surface area contributed by atoms with Crippen molar-refractivity contribution in [1.82, 2.24) is 0 Å². The van der Waals surface area contributed by atoms with Gasteiger partial charge in [-0.25, -0.2) is 0 Å². The maximum Gasteiger partial charge on any atom is 0.121 e. The van der Waals surface area contributed by atoms with E-state index in [1.54, 1.807) is 0 Å². The van der Waals surface area contributed by atoms with Gasteiger partial charge < -0.3 is 0 Å². The molecule has 0 aliphatic heterocycles. The highest BCUT2D eigenvalue weighted by Gasteiger charge is 1.97. The van der Waals surface area contributed by atoms with Gasteiger partial charge in [0.2, 0.25) is 0 Å². The summed E-state index contributed by atoms with van der Waals surface area (Å²) in [6, 6.07) is 0. The van der Waals surface area contributed by atoms with E-state index in [0.29, 0.717) is 0 Å². The second kappa shape index (κ2) is 1.25. The van der Waals surface area contributed by atoms with Crippen molar-refractivity contribution >= 4 is 20.5 Å². The Morgan fingerprint density at radius 1 is 1.60 bits per heavy atom. The third-order valence-corrected chi connectivity index (χ3v) is 0. The highest BCUT2D eigenvalue weighted by atomic mass is 32.1. The van der Waals surface area contributed by atoms with Crippen LogP contribution in [0.15, 0.2) is 0 Å². The highest BCUT2D eigenvalue weighted by molar-refractivity contribution is 7.83. The summed E-state index contributed by atoms with van der Waals surface area (Å²) in [7, 11) is 2.05. The van der Waals surface area contributed by atoms with Crippen LogP contribution in [-0.4, -0.2) is 12.5 Å². The molecule has 0 saturated carbocycles. The Morgan fingerprint density at radius 2 is 1.60 bits per heavy atom. The standard InChI is InChI=1S/C3H9BS/c1-3(2,4)5/h5H,4H2,1-2H3. The number of rotatable bonds is 0. The molecule has 0 unspecified atom stereocenters. The van der Waals surface area contributed by atoms with E-state index in [2.05, 4.69) is 34.3 Å². The SMILES string of the molecule is BC(C)(C)S. The van der Waals surface area contributed by atoms with Crippen LogP contribution in [0.2, 0.25) is 0 Å². The minimum atomic E-state index is 0.194. The van der Waals surface area contributed by atoms with Crippen LogP contribution in [0.3, 0.4) is 0 Å². The van der Waals surface area contributed by atoms with Crippen molar-refractivity contribution in [3.05, 3.63) is 0 Å². The van der Waals surface area contributed by atoms with E-state index < -0.39 is 0 Å². The van der Waals surface area contributed by atoms with Crippen molar-refractivity contribution in [2.75, 3.05) is 0 Å². The predicted molar refractivity (Wildman–Crippen MR) is 31.6 cm³/mol. The van der Waals surface area contributed by atoms with Gasteiger partial charge in [0, 0.05) is 0 Å². The minimum Gasteiger partial charge on any atom is -0.182 e. The second-order valence-corrected chi connectivity index (χ2v) is 3.51. The van der Waals surface area contributed by atoms with Gasteiger partial charge in [0.25, 0.3) is 0 Å². The first-order chi connectivity index (χ1) is 2.00. The van der Waals surface area contributed by atoms with Gasteiger partial charge in [-0.3, -0.25) is 0 Å². The van der Waals surface area contributed by atoms with Gasteiger partial charge in [-0.15, -0.1) is 0 Å². The average molecular weight is 88.0 g/mol. The fourth-order valence-electron chi connectivity index (χ4n) is 0. The minimum absolute atomic E-state index is 0.194. The Bertz CT molecular complexity index is 22.4. The molecule has 0 bridgehead atoms. The van der Waals surface area contributed by atoms with Crippen LogP contribution in [0.4, 0.5) is 0 Å². The lowest BCUT2D eigenvalue weighted by Gasteiger charge is -2.04. The topological polar surface area (TPSA) is 0 Å². The molecule has 0 aromatic rings. The Kier molecular flexibility index (Phi) is 1.35. The van der Waals surface area contributed by atoms with Crippen molar-refractivity contribution in [3.63, 3.8) is 0 Å². The number of hydrogen-bond donors (Lipinski definition) is 1. The van der Waals surface area contributed by atoms with Crippen LogP contribution in [-0.2, 0) is 0 Å². The van der Waals surface area contributed by atoms with Crippen LogP contribution in [0.5, 0.6) is 0 Å². The summed E-state index contributed by atoms with van der Waals surface area (Å²) in [6.07, 6.45) is 0. The van der Waals surface area contributed by atoms with Gasteiger partial charge in [0.15, 0.2) is 0 Å². The third kappa shape index (κ3) is 150. The lowest BCUT2D eigenvalue weighted by molar-refractivity contribution is 1.02. The summed E-state index contributed by atoms with van der Waals surface area (Å²) in [5.74, 6) is 0. The summed E-state index contributed by atoms with van der Waals surface area (Å²) in [5, 5.41) is 0. The molecule has 0 rings (SSSR count). The Balaban J connectivity index is 3.02. The maximum atomic E-state index is 4.12. The molecule has 0 nitrogen and oxygen atoms in total. The largest absolute Gasteiger partial charge is 0.182 e. The predicted octanol–water partition coefficient (Wildman–Crippen LogP) is 0.285. The maximum absolute atomic E-state index is 4.12. The molecule has 0 spiro atoms. The molecule has 5 heavy (non-hydrogen) atoms. The van der Waals surface area contributed by atoms with Gasteiger partial charge in [0.1, 0.15) is 7.85 Å². The van der Waals surface area contributed by atoms with Crippen molar-refractivity contribution in [3.8, 4) is 0 Å². The molecule has 0 aromatic carbocycles. The van der Waals surface area contributed by atoms with Gasteiger partial charge in [0.05, 0.1) is 0 Å². The molecule has 2 heteroatoms. The lowest BCUT2D eigenvalue weighted by Crippen LogP contribution is -2.07. The van der Waals surface area contributed by atoms with Crippen LogP contribution in [0, 0.1) is 0 Å². The molecule has 0 atom stereocenters. The highest BCUT2D eigenvalue weighted by Crippen LogP contribution is 2.02. The molecule has 0 amide bonds. The molecule has 0 fully saturated rings. The first kappa shape index (κ1) is 5.41. The second-order valence-electron chi connectivity index (χ2n) is 2.17. The summed E-state index contributed by atoms with van der Waals surface area (Å²) < 4.78 is 0.194. The molecule has 0 saturated heterocycles. The summed E-state index contributed by atoms with van der Waals surface area (Å²) >= 11 is 4.12. The number of hydrogen-bond acceptors (Lipinski definition) is 1. The fraction of sp³-hybridized carbons (Fsp3) is 1.00. The monoisotopic (exact) mass is 88.1 g/mol. The van der Waals surface area contributed by atoms with Crippen LogP contribution in [0.1, 0.15) is 13.8 Å². The molecule has 0 aliphatic carbocycles. The molecule has 0 aliphatic rings. The van der Waals surface area contributed by atoms with Gasteiger partial charge in [-0.05, 0) is 4.65 Å². The molecule has 0 heterocycles. The summed E-state index contributed by atoms with van der Waals surface area (Å²) in [6.45, 7) is 4.10. The molecule has 0 aromatic heterocycles. The number of thiol groups is 1. The molecule has 0 radical (unpaired) electrons.